The van der Waals surface area contributed by atoms with Crippen LogP contribution in [0.4, 0.5) is 0 Å². The van der Waals surface area contributed by atoms with Crippen molar-refractivity contribution < 1.29 is 4.79 Å². The van der Waals surface area contributed by atoms with Crippen LogP contribution in [0.15, 0.2) is 46.6 Å². The maximum Gasteiger partial charge on any atom is 0.277 e. The molecule has 1 aromatic carbocycles. The average Bonchev–Trinajstić information content (AvgIpc) is 3.08. The van der Waals surface area contributed by atoms with E-state index in [4.69, 9.17) is 0 Å². The number of imidazole rings is 1. The number of hydrogen-bond donors (Lipinski definition) is 3. The zero-order chi connectivity index (χ0) is 17.6. The summed E-state index contributed by atoms with van der Waals surface area (Å²) in [7, 11) is 0. The number of H-pyrrole nitrogens is 2. The molecule has 1 amide bonds. The molecule has 0 bridgehead atoms. The molecule has 0 aliphatic carbocycles. The van der Waals surface area contributed by atoms with Crippen molar-refractivity contribution in [3.05, 3.63) is 52.6 Å². The molecule has 130 valence electrons. The predicted octanol–water partition coefficient (Wildman–Crippen LogP) is 1.88. The van der Waals surface area contributed by atoms with Crippen LogP contribution in [-0.2, 0) is 11.2 Å². The zero-order valence-electron chi connectivity index (χ0n) is 13.8. The molecule has 0 saturated carbocycles. The second-order valence-corrected chi connectivity index (χ2v) is 6.72. The van der Waals surface area contributed by atoms with Gasteiger partial charge in [-0.2, -0.15) is 0 Å². The van der Waals surface area contributed by atoms with Gasteiger partial charge in [0.1, 0.15) is 0 Å². The molecular formula is C17H19N5O2S. The van der Waals surface area contributed by atoms with Gasteiger partial charge in [0, 0.05) is 6.04 Å². The molecule has 8 heteroatoms. The highest BCUT2D eigenvalue weighted by Crippen LogP contribution is 2.13. The van der Waals surface area contributed by atoms with Crippen LogP contribution in [0.2, 0.25) is 0 Å². The molecule has 3 rings (SSSR count). The standard InChI is InChI=1S/C17H19N5O2S/c1-11(7-8-12-5-3-2-4-6-12)20-13(23)9-25-17-21-15-14(16(24)22-17)18-10-19-15/h2-6,10-11H,7-9H2,1H3,(H,20,23)(H2,18,19,21,22,24)/t11-/m1/s1. The summed E-state index contributed by atoms with van der Waals surface area (Å²) in [5, 5.41) is 3.35. The van der Waals surface area contributed by atoms with Crippen molar-refractivity contribution in [3.63, 3.8) is 0 Å². The summed E-state index contributed by atoms with van der Waals surface area (Å²) in [6.45, 7) is 1.99. The van der Waals surface area contributed by atoms with E-state index in [1.54, 1.807) is 0 Å². The summed E-state index contributed by atoms with van der Waals surface area (Å²) in [6.07, 6.45) is 3.21. The minimum Gasteiger partial charge on any atom is -0.353 e. The number of aromatic amines is 2. The Labute approximate surface area is 148 Å². The van der Waals surface area contributed by atoms with E-state index in [0.717, 1.165) is 12.8 Å². The second kappa shape index (κ2) is 7.98. The molecule has 3 aromatic rings. The molecule has 0 aliphatic rings. The lowest BCUT2D eigenvalue weighted by Gasteiger charge is -2.13. The van der Waals surface area contributed by atoms with Gasteiger partial charge in [0.2, 0.25) is 5.91 Å². The first-order chi connectivity index (χ1) is 12.1. The molecule has 25 heavy (non-hydrogen) atoms. The van der Waals surface area contributed by atoms with Gasteiger partial charge in [-0.1, -0.05) is 42.1 Å². The van der Waals surface area contributed by atoms with Crippen LogP contribution in [0.25, 0.3) is 11.2 Å². The Morgan fingerprint density at radius 1 is 1.32 bits per heavy atom. The van der Waals surface area contributed by atoms with Crippen molar-refractivity contribution >= 4 is 28.8 Å². The van der Waals surface area contributed by atoms with Gasteiger partial charge < -0.3 is 10.3 Å². The third-order valence-corrected chi connectivity index (χ3v) is 4.60. The number of hydrogen-bond acceptors (Lipinski definition) is 5. The number of rotatable bonds is 7. The number of carbonyl (C=O) groups is 1. The van der Waals surface area contributed by atoms with Gasteiger partial charge in [-0.15, -0.1) is 0 Å². The van der Waals surface area contributed by atoms with Crippen molar-refractivity contribution in [2.75, 3.05) is 5.75 Å². The highest BCUT2D eigenvalue weighted by atomic mass is 32.2. The van der Waals surface area contributed by atoms with Crippen LogP contribution in [0, 0.1) is 0 Å². The fraction of sp³-hybridized carbons (Fsp3) is 0.294. The molecule has 1 atom stereocenters. The van der Waals surface area contributed by atoms with Gasteiger partial charge >= 0.3 is 0 Å². The van der Waals surface area contributed by atoms with Crippen LogP contribution in [0.3, 0.4) is 0 Å². The van der Waals surface area contributed by atoms with Crippen LogP contribution in [-0.4, -0.2) is 37.6 Å². The molecule has 0 fully saturated rings. The average molecular weight is 357 g/mol. The maximum absolute atomic E-state index is 12.1. The molecule has 7 nitrogen and oxygen atoms in total. The van der Waals surface area contributed by atoms with E-state index in [1.807, 2.05) is 25.1 Å². The number of benzene rings is 1. The quantitative estimate of drug-likeness (QED) is 0.442. The molecule has 0 spiro atoms. The highest BCUT2D eigenvalue weighted by Gasteiger charge is 2.11. The van der Waals surface area contributed by atoms with Crippen LogP contribution >= 0.6 is 11.8 Å². The summed E-state index contributed by atoms with van der Waals surface area (Å²) < 4.78 is 0. The number of nitrogens with zero attached hydrogens (tertiary/aromatic N) is 2. The first-order valence-corrected chi connectivity index (χ1v) is 9.00. The topological polar surface area (TPSA) is 104 Å². The van der Waals surface area contributed by atoms with E-state index in [0.29, 0.717) is 16.3 Å². The van der Waals surface area contributed by atoms with Gasteiger partial charge in [-0.3, -0.25) is 14.6 Å². The molecule has 0 unspecified atom stereocenters. The number of amides is 1. The normalized spacial score (nSPS) is 12.2. The number of nitrogens with one attached hydrogen (secondary N) is 3. The number of thioether (sulfide) groups is 1. The largest absolute Gasteiger partial charge is 0.353 e. The third kappa shape index (κ3) is 4.69. The van der Waals surface area contributed by atoms with Gasteiger partial charge in [-0.25, -0.2) is 9.97 Å². The van der Waals surface area contributed by atoms with E-state index in [1.165, 1.54) is 23.7 Å². The Hall–Kier alpha value is -2.61. The molecule has 3 N–H and O–H groups in total. The van der Waals surface area contributed by atoms with Gasteiger partial charge in [0.15, 0.2) is 16.3 Å². The lowest BCUT2D eigenvalue weighted by molar-refractivity contribution is -0.119. The van der Waals surface area contributed by atoms with Crippen molar-refractivity contribution in [1.82, 2.24) is 25.3 Å². The predicted molar refractivity (Wildman–Crippen MR) is 97.6 cm³/mol. The van der Waals surface area contributed by atoms with Crippen molar-refractivity contribution in [2.24, 2.45) is 0 Å². The van der Waals surface area contributed by atoms with Gasteiger partial charge in [-0.05, 0) is 25.3 Å². The fourth-order valence-electron chi connectivity index (χ4n) is 2.44. The van der Waals surface area contributed by atoms with E-state index in [-0.39, 0.29) is 23.3 Å². The lowest BCUT2D eigenvalue weighted by atomic mass is 10.1. The number of carbonyl (C=O) groups excluding carboxylic acids is 1. The Kier molecular flexibility index (Phi) is 5.49. The van der Waals surface area contributed by atoms with Gasteiger partial charge in [0.05, 0.1) is 12.1 Å². The minimum atomic E-state index is -0.290. The highest BCUT2D eigenvalue weighted by molar-refractivity contribution is 7.99. The number of fused-ring (bicyclic) bond motifs is 1. The second-order valence-electron chi connectivity index (χ2n) is 5.75. The Balaban J connectivity index is 1.47. The van der Waals surface area contributed by atoms with E-state index < -0.39 is 0 Å². The lowest BCUT2D eigenvalue weighted by Crippen LogP contribution is -2.34. The molecule has 2 aromatic heterocycles. The Morgan fingerprint density at radius 2 is 2.12 bits per heavy atom. The maximum atomic E-state index is 12.1. The number of aromatic nitrogens is 4. The third-order valence-electron chi connectivity index (χ3n) is 3.73. The zero-order valence-corrected chi connectivity index (χ0v) is 14.6. The van der Waals surface area contributed by atoms with E-state index >= 15 is 0 Å². The monoisotopic (exact) mass is 357 g/mol. The smallest absolute Gasteiger partial charge is 0.277 e. The van der Waals surface area contributed by atoms with E-state index in [9.17, 15) is 9.59 Å². The van der Waals surface area contributed by atoms with Crippen LogP contribution in [0.1, 0.15) is 18.9 Å². The molecular weight excluding hydrogens is 338 g/mol. The Bertz CT molecular complexity index is 906. The van der Waals surface area contributed by atoms with Gasteiger partial charge in [0.25, 0.3) is 5.56 Å². The SMILES string of the molecule is C[C@H](CCc1ccccc1)NC(=O)CSc1nc2nc[nH]c2c(=O)[nH]1. The fourth-order valence-corrected chi connectivity index (χ4v) is 3.11. The summed E-state index contributed by atoms with van der Waals surface area (Å²) >= 11 is 1.18. The molecule has 2 heterocycles. The first-order valence-electron chi connectivity index (χ1n) is 8.01. The summed E-state index contributed by atoms with van der Waals surface area (Å²) in [6, 6.07) is 10.3. The minimum absolute atomic E-state index is 0.0779. The Morgan fingerprint density at radius 3 is 2.92 bits per heavy atom. The first kappa shape index (κ1) is 17.2. The molecule has 0 radical (unpaired) electrons. The molecule has 0 aliphatic heterocycles. The van der Waals surface area contributed by atoms with Crippen LogP contribution < -0.4 is 10.9 Å². The van der Waals surface area contributed by atoms with Crippen molar-refractivity contribution in [2.45, 2.75) is 31.0 Å². The summed E-state index contributed by atoms with van der Waals surface area (Å²) in [4.78, 5) is 37.4. The van der Waals surface area contributed by atoms with Crippen molar-refractivity contribution in [1.29, 1.82) is 0 Å². The van der Waals surface area contributed by atoms with Crippen LogP contribution in [0.5, 0.6) is 0 Å². The summed E-state index contributed by atoms with van der Waals surface area (Å²) in [5.41, 5.74) is 1.65. The molecule has 0 saturated heterocycles. The van der Waals surface area contributed by atoms with E-state index in [2.05, 4.69) is 37.4 Å². The van der Waals surface area contributed by atoms with Crippen molar-refractivity contribution in [3.8, 4) is 0 Å². The number of aryl methyl sites for hydroxylation is 1. The summed E-state index contributed by atoms with van der Waals surface area (Å²) in [5.74, 6) is 0.101.